The molecule has 0 radical (unpaired) electrons. The number of anilines is 2. The quantitative estimate of drug-likeness (QED) is 0.360. The molecular formula is C25H22N8O2. The number of carbonyl (C=O) groups is 1. The molecule has 1 amide bonds. The number of rotatable bonds is 5. The summed E-state index contributed by atoms with van der Waals surface area (Å²) in [5.74, 6) is 0.113. The molecule has 0 atom stereocenters. The molecule has 10 nitrogen and oxygen atoms in total. The fourth-order valence-electron chi connectivity index (χ4n) is 4.03. The van der Waals surface area contributed by atoms with Crippen LogP contribution in [0.5, 0.6) is 0 Å². The largest absolute Gasteiger partial charge is 0.383 e. The van der Waals surface area contributed by atoms with Crippen LogP contribution in [0.25, 0.3) is 27.8 Å². The van der Waals surface area contributed by atoms with Gasteiger partial charge in [0.2, 0.25) is 0 Å². The zero-order valence-corrected chi connectivity index (χ0v) is 18.8. The van der Waals surface area contributed by atoms with Gasteiger partial charge in [-0.25, -0.2) is 15.0 Å². The first-order chi connectivity index (χ1) is 17.0. The third-order valence-corrected chi connectivity index (χ3v) is 5.73. The molecule has 0 saturated carbocycles. The van der Waals surface area contributed by atoms with Gasteiger partial charge in [0, 0.05) is 48.5 Å². The number of carbonyl (C=O) groups excluding carboxylic acids is 1. The van der Waals surface area contributed by atoms with Crippen molar-refractivity contribution in [2.24, 2.45) is 12.8 Å². The zero-order valence-electron chi connectivity index (χ0n) is 18.8. The molecule has 35 heavy (non-hydrogen) atoms. The fourth-order valence-corrected chi connectivity index (χ4v) is 4.03. The highest BCUT2D eigenvalue weighted by atomic mass is 16.2. The van der Waals surface area contributed by atoms with E-state index in [4.69, 9.17) is 11.5 Å². The Labute approximate surface area is 199 Å². The van der Waals surface area contributed by atoms with E-state index in [-0.39, 0.29) is 12.1 Å². The molecule has 0 aliphatic carbocycles. The molecule has 5 N–H and O–H groups in total. The number of fused-ring (bicyclic) bond motifs is 1. The van der Waals surface area contributed by atoms with Crippen molar-refractivity contribution in [1.82, 2.24) is 24.1 Å². The number of nitrogen functional groups attached to an aromatic ring is 1. The standard InChI is InChI=1S/C25H22N8O2/c1-32-13-19(21-22(27)29-14-30-23(21)32)15-7-10-20(28-12-15)31-24(34)18-9-8-17(11-26)33(25(18)35)16-5-3-2-4-6-16/h2-10,12-14H,11,26H2,1H3,(H2,27,29,30)(H,28,31,34). The molecule has 0 aliphatic heterocycles. The Kier molecular flexibility index (Phi) is 5.55. The summed E-state index contributed by atoms with van der Waals surface area (Å²) in [6.07, 6.45) is 4.94. The maximum Gasteiger partial charge on any atom is 0.268 e. The van der Waals surface area contributed by atoms with Crippen LogP contribution >= 0.6 is 0 Å². The van der Waals surface area contributed by atoms with E-state index in [9.17, 15) is 9.59 Å². The highest BCUT2D eigenvalue weighted by Crippen LogP contribution is 2.31. The number of nitrogens with zero attached hydrogens (tertiary/aromatic N) is 5. The summed E-state index contributed by atoms with van der Waals surface area (Å²) in [7, 11) is 1.87. The van der Waals surface area contributed by atoms with Crippen molar-refractivity contribution in [2.75, 3.05) is 11.1 Å². The Morgan fingerprint density at radius 3 is 2.54 bits per heavy atom. The first-order valence-corrected chi connectivity index (χ1v) is 10.8. The smallest absolute Gasteiger partial charge is 0.268 e. The number of pyridine rings is 2. The highest BCUT2D eigenvalue weighted by Gasteiger charge is 2.17. The van der Waals surface area contributed by atoms with Crippen LogP contribution in [0.3, 0.4) is 0 Å². The number of benzene rings is 1. The average molecular weight is 467 g/mol. The number of aromatic nitrogens is 5. The van der Waals surface area contributed by atoms with Gasteiger partial charge in [0.05, 0.1) is 5.39 Å². The van der Waals surface area contributed by atoms with Crippen molar-refractivity contribution < 1.29 is 4.79 Å². The molecule has 5 aromatic rings. The van der Waals surface area contributed by atoms with Crippen molar-refractivity contribution in [3.63, 3.8) is 0 Å². The Morgan fingerprint density at radius 2 is 1.83 bits per heavy atom. The second-order valence-corrected chi connectivity index (χ2v) is 7.92. The molecule has 0 bridgehead atoms. The molecule has 1 aromatic carbocycles. The minimum Gasteiger partial charge on any atom is -0.383 e. The first-order valence-electron chi connectivity index (χ1n) is 10.8. The Morgan fingerprint density at radius 1 is 1.03 bits per heavy atom. The summed E-state index contributed by atoms with van der Waals surface area (Å²) in [6.45, 7) is 0.152. The average Bonchev–Trinajstić information content (AvgIpc) is 3.22. The van der Waals surface area contributed by atoms with Crippen molar-refractivity contribution in [2.45, 2.75) is 6.54 Å². The lowest BCUT2D eigenvalue weighted by Gasteiger charge is -2.13. The third-order valence-electron chi connectivity index (χ3n) is 5.73. The summed E-state index contributed by atoms with van der Waals surface area (Å²) in [5, 5.41) is 3.43. The molecule has 174 valence electrons. The summed E-state index contributed by atoms with van der Waals surface area (Å²) in [4.78, 5) is 38.9. The van der Waals surface area contributed by atoms with Gasteiger partial charge >= 0.3 is 0 Å². The molecule has 0 aliphatic rings. The van der Waals surface area contributed by atoms with Crippen LogP contribution < -0.4 is 22.3 Å². The normalized spacial score (nSPS) is 11.0. The van der Waals surface area contributed by atoms with Gasteiger partial charge in [0.1, 0.15) is 29.2 Å². The summed E-state index contributed by atoms with van der Waals surface area (Å²) >= 11 is 0. The molecule has 0 fully saturated rings. The predicted molar refractivity (Wildman–Crippen MR) is 134 cm³/mol. The van der Waals surface area contributed by atoms with Crippen molar-refractivity contribution in [3.8, 4) is 16.8 Å². The molecule has 10 heteroatoms. The van der Waals surface area contributed by atoms with Crippen LogP contribution in [0.15, 0.2) is 78.1 Å². The van der Waals surface area contributed by atoms with Crippen LogP contribution in [0.2, 0.25) is 0 Å². The molecule has 0 saturated heterocycles. The topological polar surface area (TPSA) is 147 Å². The van der Waals surface area contributed by atoms with E-state index in [0.717, 1.165) is 16.5 Å². The van der Waals surface area contributed by atoms with E-state index >= 15 is 0 Å². The van der Waals surface area contributed by atoms with Crippen LogP contribution in [0, 0.1) is 0 Å². The van der Waals surface area contributed by atoms with Crippen LogP contribution in [-0.4, -0.2) is 30.0 Å². The fraction of sp³-hybridized carbons (Fsp3) is 0.0800. The maximum absolute atomic E-state index is 13.2. The molecule has 0 unspecified atom stereocenters. The predicted octanol–water partition coefficient (Wildman–Crippen LogP) is 2.47. The summed E-state index contributed by atoms with van der Waals surface area (Å²) < 4.78 is 3.31. The van der Waals surface area contributed by atoms with Crippen LogP contribution in [-0.2, 0) is 13.6 Å². The lowest BCUT2D eigenvalue weighted by atomic mass is 10.1. The third kappa shape index (κ3) is 3.91. The number of hydrogen-bond acceptors (Lipinski definition) is 7. The van der Waals surface area contributed by atoms with Gasteiger partial charge in [0.25, 0.3) is 11.5 Å². The Hall–Kier alpha value is -4.83. The second-order valence-electron chi connectivity index (χ2n) is 7.92. The molecule has 4 heterocycles. The SMILES string of the molecule is Cn1cc(-c2ccc(NC(=O)c3ccc(CN)n(-c4ccccc4)c3=O)nc2)c2c(N)ncnc21. The summed E-state index contributed by atoms with van der Waals surface area (Å²) in [6, 6.07) is 15.7. The maximum atomic E-state index is 13.2. The van der Waals surface area contributed by atoms with E-state index in [1.165, 1.54) is 17.0 Å². The second kappa shape index (κ2) is 8.84. The lowest BCUT2D eigenvalue weighted by Crippen LogP contribution is -2.31. The Bertz CT molecular complexity index is 1610. The lowest BCUT2D eigenvalue weighted by molar-refractivity contribution is 0.102. The van der Waals surface area contributed by atoms with E-state index in [2.05, 4.69) is 20.3 Å². The highest BCUT2D eigenvalue weighted by molar-refractivity contribution is 6.04. The van der Waals surface area contributed by atoms with Crippen molar-refractivity contribution in [3.05, 3.63) is 94.9 Å². The van der Waals surface area contributed by atoms with Gasteiger partial charge in [-0.05, 0) is 36.4 Å². The zero-order chi connectivity index (χ0) is 24.5. The van der Waals surface area contributed by atoms with Gasteiger partial charge in [-0.2, -0.15) is 0 Å². The van der Waals surface area contributed by atoms with E-state index < -0.39 is 11.5 Å². The van der Waals surface area contributed by atoms with Gasteiger partial charge in [0.15, 0.2) is 0 Å². The molecule has 0 spiro atoms. The van der Waals surface area contributed by atoms with Gasteiger partial charge < -0.3 is 21.4 Å². The number of hydrogen-bond donors (Lipinski definition) is 3. The Balaban J connectivity index is 1.45. The number of para-hydroxylation sites is 1. The monoisotopic (exact) mass is 466 g/mol. The van der Waals surface area contributed by atoms with Crippen molar-refractivity contribution in [1.29, 1.82) is 0 Å². The number of amides is 1. The van der Waals surface area contributed by atoms with E-state index in [0.29, 0.717) is 28.7 Å². The van der Waals surface area contributed by atoms with Crippen LogP contribution in [0.1, 0.15) is 16.1 Å². The van der Waals surface area contributed by atoms with Gasteiger partial charge in [-0.1, -0.05) is 18.2 Å². The molecule has 4 aromatic heterocycles. The van der Waals surface area contributed by atoms with E-state index in [1.807, 2.05) is 42.1 Å². The number of nitrogens with one attached hydrogen (secondary N) is 1. The molecular weight excluding hydrogens is 444 g/mol. The first kappa shape index (κ1) is 22.0. The van der Waals surface area contributed by atoms with Crippen molar-refractivity contribution >= 4 is 28.6 Å². The van der Waals surface area contributed by atoms with E-state index in [1.54, 1.807) is 30.5 Å². The minimum absolute atomic E-state index is 0.0177. The number of nitrogens with two attached hydrogens (primary N) is 2. The van der Waals surface area contributed by atoms with Gasteiger partial charge in [-0.15, -0.1) is 0 Å². The van der Waals surface area contributed by atoms with Gasteiger partial charge in [-0.3, -0.25) is 14.2 Å². The minimum atomic E-state index is -0.564. The molecule has 5 rings (SSSR count). The number of aryl methyl sites for hydroxylation is 1. The summed E-state index contributed by atoms with van der Waals surface area (Å²) in [5.41, 5.74) is 15.0. The van der Waals surface area contributed by atoms with Crippen LogP contribution in [0.4, 0.5) is 11.6 Å².